The molecule has 1 aliphatic rings. The van der Waals surface area contributed by atoms with Gasteiger partial charge in [-0.2, -0.15) is 8.42 Å². The van der Waals surface area contributed by atoms with E-state index in [1.165, 1.54) is 18.6 Å². The van der Waals surface area contributed by atoms with Gasteiger partial charge in [0, 0.05) is 45.1 Å². The minimum atomic E-state index is -3.79. The molecule has 0 aromatic carbocycles. The Bertz CT molecular complexity index is 1090. The maximum absolute atomic E-state index is 12.6. The first-order valence-corrected chi connectivity index (χ1v) is 11.2. The second-order valence-corrected chi connectivity index (χ2v) is 8.58. The first-order valence-electron chi connectivity index (χ1n) is 9.76. The number of imidazole rings is 1. The summed E-state index contributed by atoms with van der Waals surface area (Å²) in [4.78, 5) is 21.5. The van der Waals surface area contributed by atoms with Gasteiger partial charge in [-0.3, -0.25) is 4.72 Å². The number of pyridine rings is 1. The molecule has 1 aliphatic heterocycles. The summed E-state index contributed by atoms with van der Waals surface area (Å²) < 4.78 is 29.4. The van der Waals surface area contributed by atoms with Gasteiger partial charge in [-0.1, -0.05) is 6.07 Å². The molecule has 0 atom stereocenters. The van der Waals surface area contributed by atoms with E-state index in [1.807, 2.05) is 25.1 Å². The monoisotopic (exact) mass is 428 g/mol. The van der Waals surface area contributed by atoms with Crippen molar-refractivity contribution in [2.75, 3.05) is 40.7 Å². The summed E-state index contributed by atoms with van der Waals surface area (Å²) in [6.07, 6.45) is 6.27. The lowest BCUT2D eigenvalue weighted by Crippen LogP contribution is -2.47. The predicted molar refractivity (Wildman–Crippen MR) is 114 cm³/mol. The summed E-state index contributed by atoms with van der Waals surface area (Å²) in [5.41, 5.74) is 0.301. The van der Waals surface area contributed by atoms with Crippen molar-refractivity contribution in [3.63, 3.8) is 0 Å². The predicted octanol–water partition coefficient (Wildman–Crippen LogP) is 1.52. The van der Waals surface area contributed by atoms with E-state index in [4.69, 9.17) is 0 Å². The van der Waals surface area contributed by atoms with E-state index < -0.39 is 10.0 Å². The SMILES string of the molecule is CCn1cc(S(=O)(=O)Nc2cnc(N3CCN(c4ccccn4)CC3)nc2)nc1C. The van der Waals surface area contributed by atoms with Gasteiger partial charge in [-0.25, -0.2) is 19.9 Å². The standard InChI is InChI=1S/C19H24N8O2S/c1-3-25-14-18(23-15(25)2)30(28,29)24-16-12-21-19(22-13-16)27-10-8-26(9-11-27)17-6-4-5-7-20-17/h4-7,12-14,24H,3,8-11H2,1-2H3. The Morgan fingerprint density at radius 1 is 1.03 bits per heavy atom. The molecule has 1 saturated heterocycles. The Kier molecular flexibility index (Phi) is 5.53. The van der Waals surface area contributed by atoms with Crippen molar-refractivity contribution in [1.29, 1.82) is 0 Å². The zero-order valence-electron chi connectivity index (χ0n) is 16.9. The van der Waals surface area contributed by atoms with Crippen molar-refractivity contribution in [1.82, 2.24) is 24.5 Å². The molecular weight excluding hydrogens is 404 g/mol. The maximum Gasteiger partial charge on any atom is 0.281 e. The molecule has 4 heterocycles. The lowest BCUT2D eigenvalue weighted by Gasteiger charge is -2.35. The second kappa shape index (κ2) is 8.27. The summed E-state index contributed by atoms with van der Waals surface area (Å²) in [5, 5.41) is -0.0171. The number of piperazine rings is 1. The topological polar surface area (TPSA) is 109 Å². The largest absolute Gasteiger partial charge is 0.353 e. The van der Waals surface area contributed by atoms with Crippen LogP contribution in [0, 0.1) is 6.92 Å². The fourth-order valence-electron chi connectivity index (χ4n) is 3.35. The molecule has 0 amide bonds. The third-order valence-corrected chi connectivity index (χ3v) is 6.25. The lowest BCUT2D eigenvalue weighted by atomic mass is 10.3. The van der Waals surface area contributed by atoms with Gasteiger partial charge in [0.15, 0.2) is 5.03 Å². The number of aromatic nitrogens is 5. The molecular formula is C19H24N8O2S. The minimum absolute atomic E-state index is 0.0171. The van der Waals surface area contributed by atoms with Crippen molar-refractivity contribution in [3.8, 4) is 0 Å². The summed E-state index contributed by atoms with van der Waals surface area (Å²) >= 11 is 0. The van der Waals surface area contributed by atoms with Gasteiger partial charge in [0.25, 0.3) is 10.0 Å². The van der Waals surface area contributed by atoms with Crippen LogP contribution in [0.1, 0.15) is 12.7 Å². The van der Waals surface area contributed by atoms with Crippen molar-refractivity contribution < 1.29 is 8.42 Å². The van der Waals surface area contributed by atoms with Crippen molar-refractivity contribution in [2.24, 2.45) is 0 Å². The van der Waals surface area contributed by atoms with Crippen LogP contribution in [-0.2, 0) is 16.6 Å². The molecule has 0 radical (unpaired) electrons. The first kappa shape index (κ1) is 20.1. The number of nitrogens with one attached hydrogen (secondary N) is 1. The summed E-state index contributed by atoms with van der Waals surface area (Å²) in [5.74, 6) is 2.18. The van der Waals surface area contributed by atoms with E-state index >= 15 is 0 Å². The van der Waals surface area contributed by atoms with Crippen LogP contribution < -0.4 is 14.5 Å². The fourth-order valence-corrected chi connectivity index (χ4v) is 4.39. The van der Waals surface area contributed by atoms with E-state index in [2.05, 4.69) is 34.5 Å². The Hall–Kier alpha value is -3.21. The molecule has 11 heteroatoms. The highest BCUT2D eigenvalue weighted by Crippen LogP contribution is 2.18. The van der Waals surface area contributed by atoms with Crippen molar-refractivity contribution in [2.45, 2.75) is 25.4 Å². The van der Waals surface area contributed by atoms with Gasteiger partial charge in [-0.05, 0) is 26.0 Å². The minimum Gasteiger partial charge on any atom is -0.353 e. The fraction of sp³-hybridized carbons (Fsp3) is 0.368. The molecule has 10 nitrogen and oxygen atoms in total. The van der Waals surface area contributed by atoms with E-state index in [0.717, 1.165) is 32.0 Å². The Morgan fingerprint density at radius 3 is 2.33 bits per heavy atom. The van der Waals surface area contributed by atoms with Crippen molar-refractivity contribution in [3.05, 3.63) is 48.8 Å². The van der Waals surface area contributed by atoms with Gasteiger partial charge in [0.05, 0.1) is 18.1 Å². The molecule has 1 fully saturated rings. The van der Waals surface area contributed by atoms with E-state index in [0.29, 0.717) is 24.0 Å². The molecule has 0 aliphatic carbocycles. The van der Waals surface area contributed by atoms with Crippen LogP contribution in [0.2, 0.25) is 0 Å². The van der Waals surface area contributed by atoms with Crippen LogP contribution in [0.4, 0.5) is 17.5 Å². The average molecular weight is 429 g/mol. The Morgan fingerprint density at radius 2 is 1.73 bits per heavy atom. The smallest absolute Gasteiger partial charge is 0.281 e. The molecule has 1 N–H and O–H groups in total. The second-order valence-electron chi connectivity index (χ2n) is 6.95. The van der Waals surface area contributed by atoms with E-state index in [9.17, 15) is 8.42 Å². The number of rotatable bonds is 6. The molecule has 30 heavy (non-hydrogen) atoms. The first-order chi connectivity index (χ1) is 14.5. The number of sulfonamides is 1. The van der Waals surface area contributed by atoms with Crippen LogP contribution in [0.3, 0.4) is 0 Å². The number of nitrogens with zero attached hydrogens (tertiary/aromatic N) is 7. The normalized spacial score (nSPS) is 14.7. The van der Waals surface area contributed by atoms with Crippen LogP contribution >= 0.6 is 0 Å². The molecule has 0 spiro atoms. The molecule has 3 aromatic rings. The molecule has 158 valence electrons. The van der Waals surface area contributed by atoms with Gasteiger partial charge < -0.3 is 14.4 Å². The lowest BCUT2D eigenvalue weighted by molar-refractivity contribution is 0.597. The van der Waals surface area contributed by atoms with Crippen molar-refractivity contribution >= 4 is 27.5 Å². The highest BCUT2D eigenvalue weighted by Gasteiger charge is 2.22. The van der Waals surface area contributed by atoms with Gasteiger partial charge in [-0.15, -0.1) is 0 Å². The van der Waals surface area contributed by atoms with Crippen LogP contribution in [0.25, 0.3) is 0 Å². The molecule has 3 aromatic heterocycles. The van der Waals surface area contributed by atoms with Crippen LogP contribution in [-0.4, -0.2) is 59.1 Å². The molecule has 4 rings (SSSR count). The van der Waals surface area contributed by atoms with Gasteiger partial charge >= 0.3 is 0 Å². The zero-order valence-corrected chi connectivity index (χ0v) is 17.7. The Labute approximate surface area is 175 Å². The van der Waals surface area contributed by atoms with Gasteiger partial charge in [0.1, 0.15) is 11.6 Å². The summed E-state index contributed by atoms with van der Waals surface area (Å²) in [7, 11) is -3.79. The van der Waals surface area contributed by atoms with Gasteiger partial charge in [0.2, 0.25) is 5.95 Å². The number of hydrogen-bond acceptors (Lipinski definition) is 8. The van der Waals surface area contributed by atoms with E-state index in [-0.39, 0.29) is 5.03 Å². The van der Waals surface area contributed by atoms with E-state index in [1.54, 1.807) is 17.7 Å². The molecule has 0 unspecified atom stereocenters. The number of aryl methyl sites for hydroxylation is 2. The summed E-state index contributed by atoms with van der Waals surface area (Å²) in [6.45, 7) is 7.50. The third-order valence-electron chi connectivity index (χ3n) is 5.00. The molecule has 0 saturated carbocycles. The average Bonchev–Trinajstić information content (AvgIpc) is 3.16. The Balaban J connectivity index is 1.39. The number of anilines is 3. The quantitative estimate of drug-likeness (QED) is 0.629. The summed E-state index contributed by atoms with van der Waals surface area (Å²) in [6, 6.07) is 5.88. The highest BCUT2D eigenvalue weighted by molar-refractivity contribution is 7.92. The number of hydrogen-bond donors (Lipinski definition) is 1. The third kappa shape index (κ3) is 4.20. The van der Waals surface area contributed by atoms with Crippen LogP contribution in [0.5, 0.6) is 0 Å². The van der Waals surface area contributed by atoms with Crippen LogP contribution in [0.15, 0.2) is 48.0 Å². The molecule has 0 bridgehead atoms. The maximum atomic E-state index is 12.6. The zero-order chi connectivity index (χ0) is 21.1. The highest BCUT2D eigenvalue weighted by atomic mass is 32.2.